The highest BCUT2D eigenvalue weighted by molar-refractivity contribution is 7.87. The molecule has 1 aliphatic rings. The van der Waals surface area contributed by atoms with Crippen LogP contribution in [-0.2, 0) is 19.0 Å². The predicted octanol–water partition coefficient (Wildman–Crippen LogP) is 2.87. The van der Waals surface area contributed by atoms with E-state index in [9.17, 15) is 26.4 Å². The van der Waals surface area contributed by atoms with E-state index < -0.39 is 33.4 Å². The van der Waals surface area contributed by atoms with Gasteiger partial charge >= 0.3 is 21.7 Å². The summed E-state index contributed by atoms with van der Waals surface area (Å²) in [5.74, 6) is -0.837. The van der Waals surface area contributed by atoms with Crippen LogP contribution in [0.5, 0.6) is 0 Å². The number of carbonyl (C=O) groups excluding carboxylic acids is 1. The Morgan fingerprint density at radius 2 is 1.83 bits per heavy atom. The highest BCUT2D eigenvalue weighted by atomic mass is 32.2. The lowest BCUT2D eigenvalue weighted by molar-refractivity contribution is -0.0528. The molecular weight excluding hydrogens is 339 g/mol. The molecule has 0 aliphatic carbocycles. The minimum absolute atomic E-state index is 0.192. The molecule has 0 aromatic rings. The Hall–Kier alpha value is -1.45. The van der Waals surface area contributed by atoms with Crippen molar-refractivity contribution in [2.45, 2.75) is 32.2 Å². The number of rotatable bonds is 5. The molecule has 23 heavy (non-hydrogen) atoms. The first-order chi connectivity index (χ1) is 10.4. The van der Waals surface area contributed by atoms with Gasteiger partial charge in [0.25, 0.3) is 0 Å². The number of alkyl halides is 3. The molecule has 134 valence electrons. The van der Waals surface area contributed by atoms with Crippen molar-refractivity contribution in [3.63, 3.8) is 0 Å². The number of halogens is 3. The third-order valence-corrected chi connectivity index (χ3v) is 4.25. The van der Waals surface area contributed by atoms with Crippen LogP contribution in [0.25, 0.3) is 0 Å². The van der Waals surface area contributed by atoms with Gasteiger partial charge in [0, 0.05) is 19.0 Å². The van der Waals surface area contributed by atoms with E-state index in [1.54, 1.807) is 0 Å². The van der Waals surface area contributed by atoms with Crippen molar-refractivity contribution < 1.29 is 35.3 Å². The Kier molecular flexibility index (Phi) is 6.32. The summed E-state index contributed by atoms with van der Waals surface area (Å²) in [4.78, 5) is 13.2. The largest absolute Gasteiger partial charge is 0.534 e. The van der Waals surface area contributed by atoms with Gasteiger partial charge in [-0.05, 0) is 18.8 Å². The summed E-state index contributed by atoms with van der Waals surface area (Å²) in [6, 6.07) is 0. The van der Waals surface area contributed by atoms with Crippen LogP contribution in [0, 0.1) is 11.8 Å². The molecule has 0 aromatic heterocycles. The van der Waals surface area contributed by atoms with Crippen molar-refractivity contribution in [1.82, 2.24) is 4.90 Å². The minimum Gasteiger partial charge on any atom is -0.449 e. The van der Waals surface area contributed by atoms with Gasteiger partial charge in [0.15, 0.2) is 0 Å². The van der Waals surface area contributed by atoms with Crippen LogP contribution in [0.15, 0.2) is 12.3 Å². The molecule has 0 saturated carbocycles. The molecule has 0 aromatic carbocycles. The van der Waals surface area contributed by atoms with Crippen LogP contribution in [0.2, 0.25) is 0 Å². The molecule has 1 heterocycles. The first-order valence-electron chi connectivity index (χ1n) is 7.05. The number of hydrogen-bond donors (Lipinski definition) is 0. The number of allylic oxidation sites excluding steroid dienone is 1. The minimum atomic E-state index is -5.70. The zero-order valence-electron chi connectivity index (χ0n) is 12.9. The molecule has 1 aliphatic heterocycles. The van der Waals surface area contributed by atoms with Crippen molar-refractivity contribution in [3.05, 3.63) is 12.3 Å². The molecule has 1 rings (SSSR count). The number of amides is 1. The zero-order chi connectivity index (χ0) is 17.8. The lowest BCUT2D eigenvalue weighted by Gasteiger charge is -2.31. The molecule has 1 amide bonds. The maximum absolute atomic E-state index is 12.3. The molecule has 0 spiro atoms. The van der Waals surface area contributed by atoms with Gasteiger partial charge in [0.2, 0.25) is 0 Å². The van der Waals surface area contributed by atoms with Crippen LogP contribution in [0.1, 0.15) is 26.7 Å². The summed E-state index contributed by atoms with van der Waals surface area (Å²) >= 11 is 0. The number of carbonyl (C=O) groups is 1. The first kappa shape index (κ1) is 19.6. The van der Waals surface area contributed by atoms with E-state index in [0.29, 0.717) is 0 Å². The van der Waals surface area contributed by atoms with E-state index in [1.165, 1.54) is 4.90 Å². The molecular formula is C13H20F3NO5S. The number of likely N-dealkylation sites (tertiary alicyclic amines) is 1. The third-order valence-electron chi connectivity index (χ3n) is 3.25. The summed E-state index contributed by atoms with van der Waals surface area (Å²) < 4.78 is 67.7. The summed E-state index contributed by atoms with van der Waals surface area (Å²) in [6.45, 7) is 7.79. The highest BCUT2D eigenvalue weighted by Crippen LogP contribution is 2.31. The summed E-state index contributed by atoms with van der Waals surface area (Å²) in [5, 5.41) is 0. The Morgan fingerprint density at radius 1 is 1.30 bits per heavy atom. The molecule has 10 heteroatoms. The molecule has 0 unspecified atom stereocenters. The monoisotopic (exact) mass is 359 g/mol. The van der Waals surface area contributed by atoms with Gasteiger partial charge in [-0.3, -0.25) is 0 Å². The van der Waals surface area contributed by atoms with E-state index in [1.807, 2.05) is 13.8 Å². The third kappa shape index (κ3) is 5.60. The van der Waals surface area contributed by atoms with Gasteiger partial charge in [-0.15, -0.1) is 0 Å². The summed E-state index contributed by atoms with van der Waals surface area (Å²) in [7, 11) is -5.70. The second kappa shape index (κ2) is 7.41. The van der Waals surface area contributed by atoms with E-state index in [0.717, 1.165) is 0 Å². The van der Waals surface area contributed by atoms with E-state index in [4.69, 9.17) is 4.74 Å². The van der Waals surface area contributed by atoms with E-state index in [2.05, 4.69) is 10.8 Å². The van der Waals surface area contributed by atoms with Crippen molar-refractivity contribution in [3.8, 4) is 0 Å². The van der Waals surface area contributed by atoms with Gasteiger partial charge in [-0.25, -0.2) is 4.79 Å². The van der Waals surface area contributed by atoms with Gasteiger partial charge in [-0.2, -0.15) is 21.6 Å². The molecule has 1 fully saturated rings. The normalized spacial score (nSPS) is 17.2. The Labute approximate surface area is 133 Å². The molecule has 1 saturated heterocycles. The Morgan fingerprint density at radius 3 is 2.26 bits per heavy atom. The van der Waals surface area contributed by atoms with Crippen molar-refractivity contribution in [2.24, 2.45) is 11.8 Å². The molecule has 0 bridgehead atoms. The second-order valence-electron chi connectivity index (χ2n) is 5.68. The SMILES string of the molecule is C=C(OS(=O)(=O)C(F)(F)F)C1CCN(C(=O)OCC(C)C)CC1. The average Bonchev–Trinajstić information content (AvgIpc) is 2.43. The number of ether oxygens (including phenoxy) is 1. The predicted molar refractivity (Wildman–Crippen MR) is 75.7 cm³/mol. The summed E-state index contributed by atoms with van der Waals surface area (Å²) in [6.07, 6.45) is 0.0120. The highest BCUT2D eigenvalue weighted by Gasteiger charge is 2.49. The van der Waals surface area contributed by atoms with Crippen molar-refractivity contribution >= 4 is 16.2 Å². The van der Waals surface area contributed by atoms with Gasteiger partial charge in [0.05, 0.1) is 6.61 Å². The van der Waals surface area contributed by atoms with Crippen LogP contribution in [0.3, 0.4) is 0 Å². The Balaban J connectivity index is 2.50. The van der Waals surface area contributed by atoms with Crippen LogP contribution >= 0.6 is 0 Å². The molecule has 0 N–H and O–H groups in total. The van der Waals surface area contributed by atoms with Gasteiger partial charge in [-0.1, -0.05) is 20.4 Å². The smallest absolute Gasteiger partial charge is 0.449 e. The molecule has 0 atom stereocenters. The first-order valence-corrected chi connectivity index (χ1v) is 8.46. The summed E-state index contributed by atoms with van der Waals surface area (Å²) in [5.41, 5.74) is -5.49. The fourth-order valence-corrected chi connectivity index (χ4v) is 2.48. The lowest BCUT2D eigenvalue weighted by atomic mass is 9.96. The number of piperidine rings is 1. The van der Waals surface area contributed by atoms with Gasteiger partial charge in [0.1, 0.15) is 5.76 Å². The fourth-order valence-electron chi connectivity index (χ4n) is 1.97. The van der Waals surface area contributed by atoms with E-state index in [-0.39, 0.29) is 38.5 Å². The molecule has 6 nitrogen and oxygen atoms in total. The maximum Gasteiger partial charge on any atom is 0.534 e. The van der Waals surface area contributed by atoms with E-state index >= 15 is 0 Å². The lowest BCUT2D eigenvalue weighted by Crippen LogP contribution is -2.40. The fraction of sp³-hybridized carbons (Fsp3) is 0.769. The number of nitrogens with zero attached hydrogens (tertiary/aromatic N) is 1. The van der Waals surface area contributed by atoms with Crippen molar-refractivity contribution in [2.75, 3.05) is 19.7 Å². The van der Waals surface area contributed by atoms with Crippen LogP contribution in [0.4, 0.5) is 18.0 Å². The topological polar surface area (TPSA) is 72.9 Å². The Bertz CT molecular complexity index is 536. The quantitative estimate of drug-likeness (QED) is 0.429. The van der Waals surface area contributed by atoms with Crippen LogP contribution in [-0.4, -0.2) is 44.6 Å². The molecule has 0 radical (unpaired) electrons. The number of hydrogen-bond acceptors (Lipinski definition) is 5. The average molecular weight is 359 g/mol. The van der Waals surface area contributed by atoms with Crippen molar-refractivity contribution in [1.29, 1.82) is 0 Å². The van der Waals surface area contributed by atoms with Crippen LogP contribution < -0.4 is 0 Å². The van der Waals surface area contributed by atoms with Gasteiger partial charge < -0.3 is 13.8 Å². The second-order valence-corrected chi connectivity index (χ2v) is 7.22. The standard InChI is InChI=1S/C13H20F3NO5S/c1-9(2)8-21-12(18)17-6-4-11(5-7-17)10(3)22-23(19,20)13(14,15)16/h9,11H,3-8H2,1-2H3. The maximum atomic E-state index is 12.3. The zero-order valence-corrected chi connectivity index (χ0v) is 13.7.